The summed E-state index contributed by atoms with van der Waals surface area (Å²) in [4.78, 5) is 20.0. The van der Waals surface area contributed by atoms with Gasteiger partial charge in [0.2, 0.25) is 22.7 Å². The minimum atomic E-state index is -3.27. The SMILES string of the molecule is CCCCN(CCCCN(C)C)C(=O)CN1C[C@H](c2ccc3c(c2)OCO3)[C@@H](C)[C@@H]1CCNS(C)(=O)=O. The Kier molecular flexibility index (Phi) is 11.0. The predicted molar refractivity (Wildman–Crippen MR) is 147 cm³/mol. The molecule has 3 atom stereocenters. The number of rotatable bonds is 15. The summed E-state index contributed by atoms with van der Waals surface area (Å²) < 4.78 is 37.1. The number of nitrogens with zero attached hydrogens (tertiary/aromatic N) is 3. The van der Waals surface area contributed by atoms with E-state index in [9.17, 15) is 13.2 Å². The molecule has 1 aromatic rings. The van der Waals surface area contributed by atoms with Gasteiger partial charge >= 0.3 is 0 Å². The van der Waals surface area contributed by atoms with Crippen LogP contribution in [0.5, 0.6) is 11.5 Å². The van der Waals surface area contributed by atoms with Gasteiger partial charge in [-0.05, 0) is 69.9 Å². The molecule has 0 aromatic heterocycles. The molecule has 1 saturated heterocycles. The van der Waals surface area contributed by atoms with E-state index < -0.39 is 10.0 Å². The van der Waals surface area contributed by atoms with Gasteiger partial charge in [0, 0.05) is 38.1 Å². The Morgan fingerprint density at radius 1 is 1.11 bits per heavy atom. The highest BCUT2D eigenvalue weighted by Gasteiger charge is 2.41. The molecule has 0 spiro atoms. The van der Waals surface area contributed by atoms with Crippen molar-refractivity contribution in [2.45, 2.75) is 57.9 Å². The van der Waals surface area contributed by atoms with Crippen LogP contribution in [0.3, 0.4) is 0 Å². The second kappa shape index (κ2) is 13.8. The first kappa shape index (κ1) is 29.7. The molecular formula is C27H46N4O5S. The van der Waals surface area contributed by atoms with E-state index in [4.69, 9.17) is 9.47 Å². The largest absolute Gasteiger partial charge is 0.454 e. The van der Waals surface area contributed by atoms with Crippen LogP contribution in [0.15, 0.2) is 18.2 Å². The maximum atomic E-state index is 13.5. The Morgan fingerprint density at radius 2 is 1.81 bits per heavy atom. The highest BCUT2D eigenvalue weighted by molar-refractivity contribution is 7.88. The summed E-state index contributed by atoms with van der Waals surface area (Å²) in [7, 11) is 0.880. The Balaban J connectivity index is 1.72. The molecule has 2 heterocycles. The van der Waals surface area contributed by atoms with Gasteiger partial charge in [-0.3, -0.25) is 9.69 Å². The number of unbranched alkanes of at least 4 members (excludes halogenated alkanes) is 2. The molecule has 1 amide bonds. The van der Waals surface area contributed by atoms with Gasteiger partial charge in [0.1, 0.15) is 0 Å². The Hall–Kier alpha value is -1.88. The number of fused-ring (bicyclic) bond motifs is 1. The average Bonchev–Trinajstić information content (AvgIpc) is 3.42. The molecule has 1 fully saturated rings. The summed E-state index contributed by atoms with van der Waals surface area (Å²) in [6.45, 7) is 8.64. The number of benzene rings is 1. The van der Waals surface area contributed by atoms with Crippen molar-refractivity contribution < 1.29 is 22.7 Å². The van der Waals surface area contributed by atoms with E-state index in [-0.39, 0.29) is 30.6 Å². The summed E-state index contributed by atoms with van der Waals surface area (Å²) in [5.74, 6) is 2.15. The zero-order valence-corrected chi connectivity index (χ0v) is 24.1. The van der Waals surface area contributed by atoms with Crippen LogP contribution in [0.25, 0.3) is 0 Å². The van der Waals surface area contributed by atoms with Crippen LogP contribution in [0.4, 0.5) is 0 Å². The van der Waals surface area contributed by atoms with E-state index in [2.05, 4.69) is 54.6 Å². The van der Waals surface area contributed by atoms with Crippen LogP contribution in [0, 0.1) is 5.92 Å². The smallest absolute Gasteiger partial charge is 0.236 e. The Morgan fingerprint density at radius 3 is 2.51 bits per heavy atom. The minimum Gasteiger partial charge on any atom is -0.454 e. The van der Waals surface area contributed by atoms with Gasteiger partial charge in [-0.2, -0.15) is 0 Å². The van der Waals surface area contributed by atoms with Crippen LogP contribution in [-0.2, 0) is 14.8 Å². The number of hydrogen-bond donors (Lipinski definition) is 1. The topological polar surface area (TPSA) is 91.4 Å². The summed E-state index contributed by atoms with van der Waals surface area (Å²) in [5, 5.41) is 0. The maximum Gasteiger partial charge on any atom is 0.236 e. The number of sulfonamides is 1. The van der Waals surface area contributed by atoms with E-state index >= 15 is 0 Å². The van der Waals surface area contributed by atoms with Gasteiger partial charge in [0.05, 0.1) is 12.8 Å². The van der Waals surface area contributed by atoms with E-state index in [0.29, 0.717) is 19.5 Å². The van der Waals surface area contributed by atoms with Crippen molar-refractivity contribution >= 4 is 15.9 Å². The number of ether oxygens (including phenoxy) is 2. The molecular weight excluding hydrogens is 492 g/mol. The Labute approximate surface area is 223 Å². The van der Waals surface area contributed by atoms with Crippen molar-refractivity contribution in [1.29, 1.82) is 0 Å². The molecule has 2 aliphatic rings. The monoisotopic (exact) mass is 538 g/mol. The Bertz CT molecular complexity index is 987. The average molecular weight is 539 g/mol. The molecule has 0 aliphatic carbocycles. The van der Waals surface area contributed by atoms with Crippen LogP contribution in [0.2, 0.25) is 0 Å². The quantitative estimate of drug-likeness (QED) is 0.343. The molecule has 0 radical (unpaired) electrons. The lowest BCUT2D eigenvalue weighted by Crippen LogP contribution is -2.44. The third kappa shape index (κ3) is 8.84. The molecule has 10 heteroatoms. The summed E-state index contributed by atoms with van der Waals surface area (Å²) in [6.07, 6.45) is 5.94. The third-order valence-electron chi connectivity index (χ3n) is 7.53. The van der Waals surface area contributed by atoms with Crippen molar-refractivity contribution in [2.75, 3.05) is 66.4 Å². The van der Waals surface area contributed by atoms with Crippen LogP contribution in [0.1, 0.15) is 57.4 Å². The molecule has 37 heavy (non-hydrogen) atoms. The van der Waals surface area contributed by atoms with E-state index in [0.717, 1.165) is 63.4 Å². The van der Waals surface area contributed by atoms with Gasteiger partial charge in [0.25, 0.3) is 0 Å². The number of nitrogens with one attached hydrogen (secondary N) is 1. The van der Waals surface area contributed by atoms with Crippen molar-refractivity contribution in [3.05, 3.63) is 23.8 Å². The molecule has 1 N–H and O–H groups in total. The van der Waals surface area contributed by atoms with Crippen molar-refractivity contribution in [3.8, 4) is 11.5 Å². The van der Waals surface area contributed by atoms with E-state index in [1.165, 1.54) is 11.8 Å². The molecule has 0 bridgehead atoms. The lowest BCUT2D eigenvalue weighted by Gasteiger charge is -2.30. The van der Waals surface area contributed by atoms with Gasteiger partial charge in [-0.1, -0.05) is 26.3 Å². The predicted octanol–water partition coefficient (Wildman–Crippen LogP) is 2.73. The van der Waals surface area contributed by atoms with Crippen LogP contribution < -0.4 is 14.2 Å². The van der Waals surface area contributed by atoms with Crippen molar-refractivity contribution in [1.82, 2.24) is 19.4 Å². The van der Waals surface area contributed by atoms with Crippen molar-refractivity contribution in [3.63, 3.8) is 0 Å². The molecule has 210 valence electrons. The summed E-state index contributed by atoms with van der Waals surface area (Å²) in [5.41, 5.74) is 1.17. The number of carbonyl (C=O) groups is 1. The fourth-order valence-corrected chi connectivity index (χ4v) is 5.93. The minimum absolute atomic E-state index is 0.0930. The normalized spacial score (nSPS) is 21.6. The number of hydrogen-bond acceptors (Lipinski definition) is 7. The molecule has 2 aliphatic heterocycles. The van der Waals surface area contributed by atoms with Gasteiger partial charge in [-0.15, -0.1) is 0 Å². The fourth-order valence-electron chi connectivity index (χ4n) is 5.44. The number of likely N-dealkylation sites (tertiary alicyclic amines) is 1. The first-order chi connectivity index (χ1) is 17.6. The highest BCUT2D eigenvalue weighted by Crippen LogP contribution is 2.42. The maximum absolute atomic E-state index is 13.5. The molecule has 0 saturated carbocycles. The zero-order valence-electron chi connectivity index (χ0n) is 23.2. The second-order valence-corrected chi connectivity index (χ2v) is 12.6. The zero-order chi connectivity index (χ0) is 27.0. The summed E-state index contributed by atoms with van der Waals surface area (Å²) >= 11 is 0. The first-order valence-electron chi connectivity index (χ1n) is 13.6. The molecule has 3 rings (SSSR count). The highest BCUT2D eigenvalue weighted by atomic mass is 32.2. The van der Waals surface area contributed by atoms with Gasteiger partial charge < -0.3 is 19.3 Å². The van der Waals surface area contributed by atoms with E-state index in [1.54, 1.807) is 0 Å². The molecule has 9 nitrogen and oxygen atoms in total. The lowest BCUT2D eigenvalue weighted by atomic mass is 9.85. The second-order valence-electron chi connectivity index (χ2n) is 10.8. The standard InChI is InChI=1S/C27H46N4O5S/c1-6-7-15-30(16-9-8-14-29(3)4)27(32)19-31-18-23(21(2)24(31)12-13-28-37(5,33)34)22-10-11-25-26(17-22)36-20-35-25/h10-11,17,21,23-24,28H,6-9,12-16,18-20H2,1-5H3/t21-,23+,24+/m1/s1. The molecule has 0 unspecified atom stereocenters. The fraction of sp³-hybridized carbons (Fsp3) is 0.741. The number of amides is 1. The summed E-state index contributed by atoms with van der Waals surface area (Å²) in [6, 6.07) is 6.19. The van der Waals surface area contributed by atoms with Gasteiger partial charge in [0.15, 0.2) is 11.5 Å². The first-order valence-corrected chi connectivity index (χ1v) is 15.5. The van der Waals surface area contributed by atoms with Gasteiger partial charge in [-0.25, -0.2) is 13.1 Å². The van der Waals surface area contributed by atoms with Crippen molar-refractivity contribution in [2.24, 2.45) is 5.92 Å². The lowest BCUT2D eigenvalue weighted by molar-refractivity contribution is -0.133. The third-order valence-corrected chi connectivity index (χ3v) is 8.26. The van der Waals surface area contributed by atoms with Crippen LogP contribution in [-0.4, -0.2) is 101 Å². The number of carbonyl (C=O) groups excluding carboxylic acids is 1. The van der Waals surface area contributed by atoms with E-state index in [1.807, 2.05) is 11.0 Å². The van der Waals surface area contributed by atoms with Crippen LogP contribution >= 0.6 is 0 Å². The molecule has 1 aromatic carbocycles.